The summed E-state index contributed by atoms with van der Waals surface area (Å²) in [6.07, 6.45) is 0. The number of hydrogen-bond donors (Lipinski definition) is 0. The zero-order chi connectivity index (χ0) is 17.0. The van der Waals surface area contributed by atoms with Crippen molar-refractivity contribution in [1.82, 2.24) is 4.90 Å². The Hall–Kier alpha value is -2.10. The van der Waals surface area contributed by atoms with Crippen LogP contribution in [0.3, 0.4) is 0 Å². The summed E-state index contributed by atoms with van der Waals surface area (Å²) in [6.45, 7) is -4.94. The summed E-state index contributed by atoms with van der Waals surface area (Å²) in [5, 5.41) is 43.2. The lowest BCUT2D eigenvalue weighted by molar-refractivity contribution is -0.893. The van der Waals surface area contributed by atoms with E-state index in [9.17, 15) is 49.2 Å². The predicted molar refractivity (Wildman–Crippen MR) is 61.0 cm³/mol. The molecule has 0 spiro atoms. The third-order valence-corrected chi connectivity index (χ3v) is 3.01. The SMILES string of the molecule is O=[N+]([O-])C(CF)(N(CBr)C(CF)([N+](=O)[O-])[N+](=O)[O-])[N+](=O)[O-]. The molecule has 0 N–H and O–H groups in total. The average molecular weight is 382 g/mol. The second kappa shape index (κ2) is 6.57. The summed E-state index contributed by atoms with van der Waals surface area (Å²) in [7, 11) is 0. The normalized spacial score (nSPS) is 12.2. The van der Waals surface area contributed by atoms with Gasteiger partial charge in [-0.15, -0.1) is 0 Å². The van der Waals surface area contributed by atoms with Gasteiger partial charge in [0.1, 0.15) is 19.7 Å². The van der Waals surface area contributed by atoms with E-state index in [2.05, 4.69) is 15.9 Å². The highest BCUT2D eigenvalue weighted by molar-refractivity contribution is 9.09. The van der Waals surface area contributed by atoms with Crippen molar-refractivity contribution < 1.29 is 28.5 Å². The van der Waals surface area contributed by atoms with Gasteiger partial charge in [0.25, 0.3) is 0 Å². The summed E-state index contributed by atoms with van der Waals surface area (Å²) in [4.78, 5) is 34.8. The van der Waals surface area contributed by atoms with E-state index in [1.165, 1.54) is 0 Å². The van der Waals surface area contributed by atoms with Crippen molar-refractivity contribution in [2.24, 2.45) is 0 Å². The largest absolute Gasteiger partial charge is 0.563 e. The van der Waals surface area contributed by atoms with E-state index in [0.29, 0.717) is 0 Å². The lowest BCUT2D eigenvalue weighted by Crippen LogP contribution is -2.74. The Morgan fingerprint density at radius 1 is 0.810 bits per heavy atom. The van der Waals surface area contributed by atoms with E-state index < -0.39 is 55.0 Å². The minimum Gasteiger partial charge on any atom is -0.257 e. The molecule has 0 unspecified atom stereocenters. The smallest absolute Gasteiger partial charge is 0.257 e. The van der Waals surface area contributed by atoms with Gasteiger partial charge in [0, 0.05) is 0 Å². The summed E-state index contributed by atoms with van der Waals surface area (Å²) in [6, 6.07) is 0. The summed E-state index contributed by atoms with van der Waals surface area (Å²) >= 11 is 2.32. The van der Waals surface area contributed by atoms with Gasteiger partial charge in [-0.2, -0.15) is 0 Å². The minimum absolute atomic E-state index is 0.722. The van der Waals surface area contributed by atoms with Crippen molar-refractivity contribution in [3.05, 3.63) is 40.5 Å². The first kappa shape index (κ1) is 18.9. The van der Waals surface area contributed by atoms with Crippen LogP contribution in [0.2, 0.25) is 0 Å². The summed E-state index contributed by atoms with van der Waals surface area (Å²) < 4.78 is 25.9. The van der Waals surface area contributed by atoms with Gasteiger partial charge < -0.3 is 0 Å². The van der Waals surface area contributed by atoms with Crippen LogP contribution < -0.4 is 0 Å². The molecule has 0 aromatic heterocycles. The minimum atomic E-state index is -4.10. The van der Waals surface area contributed by atoms with E-state index in [1.54, 1.807) is 0 Å². The fourth-order valence-corrected chi connectivity index (χ4v) is 2.15. The quantitative estimate of drug-likeness (QED) is 0.174. The molecule has 0 aromatic carbocycles. The molecule has 0 heterocycles. The Bertz CT molecular complexity index is 408. The molecule has 0 amide bonds. The third kappa shape index (κ3) is 2.58. The maximum absolute atomic E-state index is 12.9. The number of nitrogens with zero attached hydrogens (tertiary/aromatic N) is 5. The lowest BCUT2D eigenvalue weighted by atomic mass is 10.2. The molecule has 0 fully saturated rings. The zero-order valence-corrected chi connectivity index (χ0v) is 11.3. The Morgan fingerprint density at radius 3 is 1.14 bits per heavy atom. The van der Waals surface area contributed by atoms with Gasteiger partial charge in [-0.1, -0.05) is 15.9 Å². The molecule has 0 aliphatic heterocycles. The van der Waals surface area contributed by atoms with Crippen LogP contribution in [0.25, 0.3) is 0 Å². The maximum Gasteiger partial charge on any atom is 0.563 e. The highest BCUT2D eigenvalue weighted by Gasteiger charge is 2.79. The molecule has 13 nitrogen and oxygen atoms in total. The number of alkyl halides is 3. The molecule has 0 saturated heterocycles. The van der Waals surface area contributed by atoms with Gasteiger partial charge in [-0.05, 0) is 4.90 Å². The Morgan fingerprint density at radius 2 is 1.05 bits per heavy atom. The zero-order valence-electron chi connectivity index (χ0n) is 9.76. The monoisotopic (exact) mass is 381 g/mol. The molecule has 0 aliphatic carbocycles. The van der Waals surface area contributed by atoms with Crippen molar-refractivity contribution in [3.63, 3.8) is 0 Å². The molecule has 0 saturated carbocycles. The Kier molecular flexibility index (Phi) is 5.91. The fraction of sp³-hybridized carbons (Fsp3) is 1.00. The Labute approximate surface area is 121 Å². The van der Waals surface area contributed by atoms with E-state index in [1.807, 2.05) is 0 Å². The third-order valence-electron chi connectivity index (χ3n) is 2.51. The highest BCUT2D eigenvalue weighted by atomic mass is 79.9. The number of hydrogen-bond acceptors (Lipinski definition) is 9. The van der Waals surface area contributed by atoms with Crippen LogP contribution in [0.5, 0.6) is 0 Å². The Balaban J connectivity index is 6.53. The summed E-state index contributed by atoms with van der Waals surface area (Å²) in [5.74, 6) is -8.20. The topological polar surface area (TPSA) is 176 Å². The average Bonchev–Trinajstić information content (AvgIpc) is 2.37. The van der Waals surface area contributed by atoms with Gasteiger partial charge in [-0.25, -0.2) is 8.78 Å². The number of nitro groups is 4. The molecule has 0 radical (unpaired) electrons. The van der Waals surface area contributed by atoms with E-state index in [4.69, 9.17) is 0 Å². The van der Waals surface area contributed by atoms with E-state index in [0.717, 1.165) is 0 Å². The predicted octanol–water partition coefficient (Wildman–Crippen LogP) is -0.00580. The van der Waals surface area contributed by atoms with Crippen LogP contribution in [-0.2, 0) is 0 Å². The van der Waals surface area contributed by atoms with Gasteiger partial charge >= 0.3 is 11.6 Å². The second-order valence-electron chi connectivity index (χ2n) is 3.39. The van der Waals surface area contributed by atoms with Crippen LogP contribution in [0.15, 0.2) is 0 Å². The van der Waals surface area contributed by atoms with Crippen LogP contribution in [0.1, 0.15) is 0 Å². The van der Waals surface area contributed by atoms with Crippen LogP contribution in [-0.4, -0.2) is 55.0 Å². The standard InChI is InChI=1S/C5H6BrF2N5O8/c6-3-9(4(1-7,10(14)15)11(16)17)5(2-8,12(18)19)13(20)21/h1-3H2. The van der Waals surface area contributed by atoms with Crippen molar-refractivity contribution in [1.29, 1.82) is 0 Å². The lowest BCUT2D eigenvalue weighted by Gasteiger charge is -2.28. The van der Waals surface area contributed by atoms with Crippen LogP contribution in [0, 0.1) is 40.5 Å². The molecular formula is C5H6BrF2N5O8. The van der Waals surface area contributed by atoms with Crippen molar-refractivity contribution in [3.8, 4) is 0 Å². The number of rotatable bonds is 9. The fourth-order valence-electron chi connectivity index (χ4n) is 1.35. The van der Waals surface area contributed by atoms with Gasteiger partial charge in [-0.3, -0.25) is 40.5 Å². The first-order valence-electron chi connectivity index (χ1n) is 4.63. The molecule has 0 atom stereocenters. The highest BCUT2D eigenvalue weighted by Crippen LogP contribution is 2.30. The second-order valence-corrected chi connectivity index (χ2v) is 3.89. The molecule has 0 aromatic rings. The molecule has 0 rings (SSSR count). The van der Waals surface area contributed by atoms with Gasteiger partial charge in [0.2, 0.25) is 13.3 Å². The molecular weight excluding hydrogens is 376 g/mol. The summed E-state index contributed by atoms with van der Waals surface area (Å²) in [5.41, 5.74) is -1.29. The van der Waals surface area contributed by atoms with Crippen LogP contribution >= 0.6 is 15.9 Å². The van der Waals surface area contributed by atoms with Crippen molar-refractivity contribution in [2.75, 3.05) is 18.8 Å². The van der Waals surface area contributed by atoms with Crippen LogP contribution in [0.4, 0.5) is 8.78 Å². The van der Waals surface area contributed by atoms with Crippen molar-refractivity contribution in [2.45, 2.75) is 11.6 Å². The van der Waals surface area contributed by atoms with Gasteiger partial charge in [0.15, 0.2) is 0 Å². The number of halogens is 3. The van der Waals surface area contributed by atoms with Gasteiger partial charge in [0.05, 0.1) is 5.45 Å². The van der Waals surface area contributed by atoms with E-state index in [-0.39, 0.29) is 0 Å². The molecule has 16 heteroatoms. The van der Waals surface area contributed by atoms with E-state index >= 15 is 0 Å². The first-order valence-corrected chi connectivity index (χ1v) is 5.75. The first-order chi connectivity index (χ1) is 9.59. The molecule has 0 aliphatic rings. The maximum atomic E-state index is 12.9. The molecule has 0 bridgehead atoms. The molecule has 21 heavy (non-hydrogen) atoms. The molecule has 120 valence electrons. The van der Waals surface area contributed by atoms with Crippen molar-refractivity contribution >= 4 is 15.9 Å².